The van der Waals surface area contributed by atoms with Crippen LogP contribution in [-0.2, 0) is 0 Å². The molecule has 106 valence electrons. The summed E-state index contributed by atoms with van der Waals surface area (Å²) < 4.78 is 12.9. The third-order valence-corrected chi connectivity index (χ3v) is 4.04. The maximum Gasteiger partial charge on any atom is 0.123 e. The van der Waals surface area contributed by atoms with E-state index in [1.165, 1.54) is 18.6 Å². The van der Waals surface area contributed by atoms with E-state index in [0.717, 1.165) is 31.5 Å². The van der Waals surface area contributed by atoms with Gasteiger partial charge in [-0.3, -0.25) is 4.90 Å². The third-order valence-electron chi connectivity index (χ3n) is 4.04. The molecule has 0 saturated carbocycles. The van der Waals surface area contributed by atoms with E-state index in [2.05, 4.69) is 10.2 Å². The summed E-state index contributed by atoms with van der Waals surface area (Å²) in [5, 5.41) is 12.6. The Kier molecular flexibility index (Phi) is 5.31. The first-order valence-electron chi connectivity index (χ1n) is 7.02. The first kappa shape index (κ1) is 14.4. The van der Waals surface area contributed by atoms with Crippen LogP contribution in [0.3, 0.4) is 0 Å². The predicted octanol–water partition coefficient (Wildman–Crippen LogP) is 1.93. The lowest BCUT2D eigenvalue weighted by atomic mass is 10.0. The van der Waals surface area contributed by atoms with Crippen LogP contribution in [0.2, 0.25) is 0 Å². The Morgan fingerprint density at radius 1 is 1.42 bits per heavy atom. The molecule has 2 unspecified atom stereocenters. The molecule has 19 heavy (non-hydrogen) atoms. The topological polar surface area (TPSA) is 35.5 Å². The molecule has 2 atom stereocenters. The van der Waals surface area contributed by atoms with Gasteiger partial charge in [0, 0.05) is 18.6 Å². The minimum absolute atomic E-state index is 0.196. The molecule has 1 saturated heterocycles. The molecule has 1 aliphatic rings. The number of benzene rings is 1. The van der Waals surface area contributed by atoms with E-state index in [0.29, 0.717) is 6.04 Å². The summed E-state index contributed by atoms with van der Waals surface area (Å²) in [5.74, 6) is -0.196. The summed E-state index contributed by atoms with van der Waals surface area (Å²) in [5.41, 5.74) is 1.11. The Labute approximate surface area is 114 Å². The standard InChI is InChI=1S/C15H23FN2O/c1-17-15(12-4-6-13(16)7-5-12)8-10-18-9-2-3-14(18)11-19/h4-7,14-15,17,19H,2-3,8-11H2,1H3. The number of hydrogen-bond donors (Lipinski definition) is 2. The van der Waals surface area contributed by atoms with Crippen molar-refractivity contribution in [1.82, 2.24) is 10.2 Å². The maximum absolute atomic E-state index is 12.9. The molecule has 3 nitrogen and oxygen atoms in total. The summed E-state index contributed by atoms with van der Waals surface area (Å²) in [6.07, 6.45) is 3.24. The van der Waals surface area contributed by atoms with Crippen molar-refractivity contribution in [2.75, 3.05) is 26.7 Å². The van der Waals surface area contributed by atoms with Gasteiger partial charge in [-0.1, -0.05) is 12.1 Å². The third kappa shape index (κ3) is 3.75. The summed E-state index contributed by atoms with van der Waals surface area (Å²) in [4.78, 5) is 2.36. The van der Waals surface area contributed by atoms with Gasteiger partial charge < -0.3 is 10.4 Å². The molecule has 1 aliphatic heterocycles. The van der Waals surface area contributed by atoms with Crippen LogP contribution in [0.4, 0.5) is 4.39 Å². The molecule has 1 aromatic rings. The van der Waals surface area contributed by atoms with E-state index in [9.17, 15) is 9.50 Å². The second-order valence-electron chi connectivity index (χ2n) is 5.20. The second-order valence-corrected chi connectivity index (χ2v) is 5.20. The number of aliphatic hydroxyl groups excluding tert-OH is 1. The molecule has 0 radical (unpaired) electrons. The van der Waals surface area contributed by atoms with Crippen molar-refractivity contribution in [1.29, 1.82) is 0 Å². The highest BCUT2D eigenvalue weighted by Gasteiger charge is 2.24. The van der Waals surface area contributed by atoms with Gasteiger partial charge in [-0.15, -0.1) is 0 Å². The molecule has 1 aromatic carbocycles. The van der Waals surface area contributed by atoms with Gasteiger partial charge in [0.2, 0.25) is 0 Å². The number of hydrogen-bond acceptors (Lipinski definition) is 3. The molecule has 0 aromatic heterocycles. The van der Waals surface area contributed by atoms with E-state index in [4.69, 9.17) is 0 Å². The minimum atomic E-state index is -0.196. The molecule has 2 rings (SSSR count). The Balaban J connectivity index is 1.90. The fourth-order valence-electron chi connectivity index (χ4n) is 2.86. The SMILES string of the molecule is CNC(CCN1CCCC1CO)c1ccc(F)cc1. The molecule has 4 heteroatoms. The van der Waals surface area contributed by atoms with Gasteiger partial charge in [-0.2, -0.15) is 0 Å². The van der Waals surface area contributed by atoms with E-state index < -0.39 is 0 Å². The maximum atomic E-state index is 12.9. The van der Waals surface area contributed by atoms with E-state index in [1.54, 1.807) is 0 Å². The first-order chi connectivity index (χ1) is 9.24. The molecule has 0 spiro atoms. The Morgan fingerprint density at radius 2 is 2.16 bits per heavy atom. The van der Waals surface area contributed by atoms with Gasteiger partial charge in [0.1, 0.15) is 5.82 Å². The van der Waals surface area contributed by atoms with Crippen LogP contribution in [0.1, 0.15) is 30.9 Å². The number of halogens is 1. The molecular weight excluding hydrogens is 243 g/mol. The summed E-state index contributed by atoms with van der Waals surface area (Å²) in [7, 11) is 1.93. The quantitative estimate of drug-likeness (QED) is 0.826. The zero-order chi connectivity index (χ0) is 13.7. The van der Waals surface area contributed by atoms with Gasteiger partial charge in [0.05, 0.1) is 6.61 Å². The number of rotatable bonds is 6. The lowest BCUT2D eigenvalue weighted by molar-refractivity contribution is 0.154. The monoisotopic (exact) mass is 266 g/mol. The van der Waals surface area contributed by atoms with Crippen LogP contribution in [0.5, 0.6) is 0 Å². The van der Waals surface area contributed by atoms with Crippen LogP contribution < -0.4 is 5.32 Å². The molecule has 0 bridgehead atoms. The zero-order valence-electron chi connectivity index (χ0n) is 11.5. The van der Waals surface area contributed by atoms with Crippen molar-refractivity contribution in [3.8, 4) is 0 Å². The van der Waals surface area contributed by atoms with Gasteiger partial charge >= 0.3 is 0 Å². The van der Waals surface area contributed by atoms with Crippen molar-refractivity contribution in [3.05, 3.63) is 35.6 Å². The van der Waals surface area contributed by atoms with Crippen LogP contribution in [0.25, 0.3) is 0 Å². The smallest absolute Gasteiger partial charge is 0.123 e. The fraction of sp³-hybridized carbons (Fsp3) is 0.600. The summed E-state index contributed by atoms with van der Waals surface area (Å²) in [6.45, 7) is 2.29. The van der Waals surface area contributed by atoms with Gasteiger partial charge in [0.25, 0.3) is 0 Å². The lowest BCUT2D eigenvalue weighted by Gasteiger charge is -2.25. The van der Waals surface area contributed by atoms with Crippen LogP contribution in [-0.4, -0.2) is 42.8 Å². The van der Waals surface area contributed by atoms with Gasteiger partial charge in [0.15, 0.2) is 0 Å². The molecular formula is C15H23FN2O. The first-order valence-corrected chi connectivity index (χ1v) is 7.02. The van der Waals surface area contributed by atoms with Crippen LogP contribution in [0, 0.1) is 5.82 Å². The Bertz CT molecular complexity index is 382. The van der Waals surface area contributed by atoms with E-state index in [-0.39, 0.29) is 18.5 Å². The Morgan fingerprint density at radius 3 is 2.79 bits per heavy atom. The fourth-order valence-corrected chi connectivity index (χ4v) is 2.86. The predicted molar refractivity (Wildman–Crippen MR) is 74.5 cm³/mol. The minimum Gasteiger partial charge on any atom is -0.395 e. The zero-order valence-corrected chi connectivity index (χ0v) is 11.5. The lowest BCUT2D eigenvalue weighted by Crippen LogP contribution is -2.34. The normalized spacial score (nSPS) is 21.7. The number of aliphatic hydroxyl groups is 1. The van der Waals surface area contributed by atoms with Gasteiger partial charge in [-0.05, 0) is 50.6 Å². The second kappa shape index (κ2) is 6.98. The molecule has 2 N–H and O–H groups in total. The summed E-state index contributed by atoms with van der Waals surface area (Å²) >= 11 is 0. The molecule has 0 aliphatic carbocycles. The highest BCUT2D eigenvalue weighted by molar-refractivity contribution is 5.19. The van der Waals surface area contributed by atoms with Crippen molar-refractivity contribution in [3.63, 3.8) is 0 Å². The number of likely N-dealkylation sites (tertiary alicyclic amines) is 1. The van der Waals surface area contributed by atoms with Crippen molar-refractivity contribution in [2.24, 2.45) is 0 Å². The van der Waals surface area contributed by atoms with Gasteiger partial charge in [-0.25, -0.2) is 4.39 Å². The van der Waals surface area contributed by atoms with E-state index in [1.807, 2.05) is 19.2 Å². The Hall–Kier alpha value is -0.970. The van der Waals surface area contributed by atoms with Crippen LogP contribution in [0.15, 0.2) is 24.3 Å². The van der Waals surface area contributed by atoms with Crippen molar-refractivity contribution < 1.29 is 9.50 Å². The average Bonchev–Trinajstić information content (AvgIpc) is 2.89. The largest absolute Gasteiger partial charge is 0.395 e. The number of nitrogens with zero attached hydrogens (tertiary/aromatic N) is 1. The highest BCUT2D eigenvalue weighted by Crippen LogP contribution is 2.21. The average molecular weight is 266 g/mol. The molecule has 1 heterocycles. The van der Waals surface area contributed by atoms with Crippen molar-refractivity contribution in [2.45, 2.75) is 31.3 Å². The van der Waals surface area contributed by atoms with Crippen molar-refractivity contribution >= 4 is 0 Å². The molecule has 1 fully saturated rings. The van der Waals surface area contributed by atoms with E-state index >= 15 is 0 Å². The summed E-state index contributed by atoms with van der Waals surface area (Å²) in [6, 6.07) is 7.25. The molecule has 0 amide bonds. The number of nitrogens with one attached hydrogen (secondary N) is 1. The highest BCUT2D eigenvalue weighted by atomic mass is 19.1. The van der Waals surface area contributed by atoms with Crippen LogP contribution >= 0.6 is 0 Å².